The second-order valence-electron chi connectivity index (χ2n) is 5.11. The van der Waals surface area contributed by atoms with Crippen molar-refractivity contribution in [1.29, 1.82) is 0 Å². The van der Waals surface area contributed by atoms with E-state index in [0.29, 0.717) is 20.8 Å². The van der Waals surface area contributed by atoms with Crippen molar-refractivity contribution in [3.05, 3.63) is 82.8 Å². The smallest absolute Gasteiger partial charge is 0.175 e. The quantitative estimate of drug-likeness (QED) is 0.515. The highest BCUT2D eigenvalue weighted by Crippen LogP contribution is 2.29. The number of hydrogen-bond donors (Lipinski definition) is 2. The van der Waals surface area contributed by atoms with Crippen LogP contribution >= 0.6 is 35.4 Å². The molecule has 0 saturated heterocycles. The van der Waals surface area contributed by atoms with Gasteiger partial charge >= 0.3 is 0 Å². The third-order valence-corrected chi connectivity index (χ3v) is 4.19. The van der Waals surface area contributed by atoms with E-state index >= 15 is 0 Å². The third-order valence-electron chi connectivity index (χ3n) is 3.44. The number of halogens is 2. The molecule has 0 aromatic heterocycles. The van der Waals surface area contributed by atoms with Gasteiger partial charge in [-0.1, -0.05) is 71.7 Å². The Bertz CT molecular complexity index is 866. The van der Waals surface area contributed by atoms with Crippen molar-refractivity contribution in [1.82, 2.24) is 0 Å². The average Bonchev–Trinajstić information content (AvgIpc) is 2.59. The molecule has 0 amide bonds. The van der Waals surface area contributed by atoms with Crippen molar-refractivity contribution in [3.63, 3.8) is 0 Å². The highest BCUT2D eigenvalue weighted by molar-refractivity contribution is 7.80. The van der Waals surface area contributed by atoms with Gasteiger partial charge in [-0.25, -0.2) is 0 Å². The molecule has 0 aliphatic heterocycles. The van der Waals surface area contributed by atoms with Crippen molar-refractivity contribution in [2.75, 3.05) is 10.6 Å². The zero-order valence-corrected chi connectivity index (χ0v) is 14.9. The number of thiocarbonyl (C=S) groups is 1. The molecule has 5 heteroatoms. The van der Waals surface area contributed by atoms with Gasteiger partial charge in [-0.2, -0.15) is 0 Å². The first-order chi connectivity index (χ1) is 11.6. The predicted molar refractivity (Wildman–Crippen MR) is 108 cm³/mol. The molecule has 0 bridgehead atoms. The molecule has 0 radical (unpaired) electrons. The molecular formula is C19H14Cl2N2S. The largest absolute Gasteiger partial charge is 0.332 e. The minimum absolute atomic E-state index is 0.461. The summed E-state index contributed by atoms with van der Waals surface area (Å²) >= 11 is 17.5. The van der Waals surface area contributed by atoms with Crippen LogP contribution in [-0.4, -0.2) is 5.11 Å². The number of rotatable bonds is 3. The molecule has 0 aliphatic carbocycles. The molecule has 0 heterocycles. The normalized spacial score (nSPS) is 10.2. The summed E-state index contributed by atoms with van der Waals surface area (Å²) in [6.45, 7) is 0. The number of para-hydroxylation sites is 1. The second kappa shape index (κ2) is 7.67. The molecule has 2 N–H and O–H groups in total. The Morgan fingerprint density at radius 1 is 0.750 bits per heavy atom. The summed E-state index contributed by atoms with van der Waals surface area (Å²) in [4.78, 5) is 0. The zero-order valence-electron chi connectivity index (χ0n) is 12.6. The molecule has 0 fully saturated rings. The van der Waals surface area contributed by atoms with Crippen molar-refractivity contribution < 1.29 is 0 Å². The molecule has 0 unspecified atom stereocenters. The van der Waals surface area contributed by atoms with E-state index in [9.17, 15) is 0 Å². The van der Waals surface area contributed by atoms with Crippen LogP contribution in [0.25, 0.3) is 11.1 Å². The van der Waals surface area contributed by atoms with Gasteiger partial charge < -0.3 is 10.6 Å². The average molecular weight is 373 g/mol. The van der Waals surface area contributed by atoms with E-state index in [-0.39, 0.29) is 0 Å². The molecule has 0 atom stereocenters. The lowest BCUT2D eigenvalue weighted by molar-refractivity contribution is 1.57. The minimum atomic E-state index is 0.461. The monoisotopic (exact) mass is 372 g/mol. The van der Waals surface area contributed by atoms with Gasteiger partial charge in [0.1, 0.15) is 0 Å². The molecule has 3 aromatic rings. The van der Waals surface area contributed by atoms with Gasteiger partial charge in [-0.05, 0) is 42.0 Å². The van der Waals surface area contributed by atoms with E-state index < -0.39 is 0 Å². The molecule has 0 saturated carbocycles. The van der Waals surface area contributed by atoms with Gasteiger partial charge in [-0.3, -0.25) is 0 Å². The fourth-order valence-electron chi connectivity index (χ4n) is 2.33. The number of nitrogens with one attached hydrogen (secondary N) is 2. The molecule has 3 aromatic carbocycles. The Morgan fingerprint density at radius 2 is 1.42 bits per heavy atom. The Hall–Kier alpha value is -2.07. The van der Waals surface area contributed by atoms with Gasteiger partial charge in [0.05, 0.1) is 10.7 Å². The molecule has 120 valence electrons. The summed E-state index contributed by atoms with van der Waals surface area (Å²) in [5, 5.41) is 7.88. The van der Waals surface area contributed by atoms with Crippen LogP contribution in [0.1, 0.15) is 0 Å². The topological polar surface area (TPSA) is 24.1 Å². The second-order valence-corrected chi connectivity index (χ2v) is 6.37. The van der Waals surface area contributed by atoms with Crippen LogP contribution in [-0.2, 0) is 0 Å². The minimum Gasteiger partial charge on any atom is -0.332 e. The zero-order chi connectivity index (χ0) is 16.9. The van der Waals surface area contributed by atoms with Gasteiger partial charge in [0.15, 0.2) is 5.11 Å². The van der Waals surface area contributed by atoms with Gasteiger partial charge in [-0.15, -0.1) is 0 Å². The summed E-state index contributed by atoms with van der Waals surface area (Å²) in [5.41, 5.74) is 3.82. The standard InChI is InChI=1S/C19H14Cl2N2S/c20-14-10-11-18(16(21)12-14)23-19(24)22-17-9-5-4-8-15(17)13-6-2-1-3-7-13/h1-12H,(H2,22,23,24). The maximum atomic E-state index is 6.17. The van der Waals surface area contributed by atoms with E-state index in [2.05, 4.69) is 28.8 Å². The molecule has 3 rings (SSSR count). The van der Waals surface area contributed by atoms with E-state index in [1.807, 2.05) is 36.4 Å². The lowest BCUT2D eigenvalue weighted by Gasteiger charge is -2.15. The number of hydrogen-bond acceptors (Lipinski definition) is 1. The third kappa shape index (κ3) is 4.06. The van der Waals surface area contributed by atoms with Crippen LogP contribution in [0.4, 0.5) is 11.4 Å². The van der Waals surface area contributed by atoms with Crippen molar-refractivity contribution in [2.45, 2.75) is 0 Å². The fraction of sp³-hybridized carbons (Fsp3) is 0. The van der Waals surface area contributed by atoms with E-state index in [0.717, 1.165) is 16.8 Å². The Balaban J connectivity index is 1.80. The van der Waals surface area contributed by atoms with E-state index in [4.69, 9.17) is 35.4 Å². The lowest BCUT2D eigenvalue weighted by Crippen LogP contribution is -2.19. The maximum Gasteiger partial charge on any atom is 0.175 e. The van der Waals surface area contributed by atoms with E-state index in [1.54, 1.807) is 18.2 Å². The highest BCUT2D eigenvalue weighted by atomic mass is 35.5. The molecule has 0 aliphatic rings. The maximum absolute atomic E-state index is 6.17. The summed E-state index contributed by atoms with van der Waals surface area (Å²) in [7, 11) is 0. The number of anilines is 2. The predicted octanol–water partition coefficient (Wildman–Crippen LogP) is 6.47. The lowest BCUT2D eigenvalue weighted by atomic mass is 10.0. The van der Waals surface area contributed by atoms with Crippen molar-refractivity contribution >= 4 is 51.9 Å². The van der Waals surface area contributed by atoms with Crippen molar-refractivity contribution in [2.24, 2.45) is 0 Å². The Kier molecular flexibility index (Phi) is 5.36. The SMILES string of the molecule is S=C(Nc1ccc(Cl)cc1Cl)Nc1ccccc1-c1ccccc1. The first-order valence-corrected chi connectivity index (χ1v) is 8.47. The summed E-state index contributed by atoms with van der Waals surface area (Å²) in [6.07, 6.45) is 0. The van der Waals surface area contributed by atoms with Crippen LogP contribution < -0.4 is 10.6 Å². The molecule has 2 nitrogen and oxygen atoms in total. The summed E-state index contributed by atoms with van der Waals surface area (Å²) in [5.74, 6) is 0. The first-order valence-electron chi connectivity index (χ1n) is 7.31. The van der Waals surface area contributed by atoms with Crippen LogP contribution in [0.5, 0.6) is 0 Å². The summed E-state index contributed by atoms with van der Waals surface area (Å²) < 4.78 is 0. The van der Waals surface area contributed by atoms with Gasteiger partial charge in [0.25, 0.3) is 0 Å². The molecule has 24 heavy (non-hydrogen) atoms. The number of benzene rings is 3. The van der Waals surface area contributed by atoms with Gasteiger partial charge in [0, 0.05) is 16.3 Å². The van der Waals surface area contributed by atoms with Crippen LogP contribution in [0.15, 0.2) is 72.8 Å². The first kappa shape index (κ1) is 16.8. The van der Waals surface area contributed by atoms with Gasteiger partial charge in [0.2, 0.25) is 0 Å². The molecule has 0 spiro atoms. The van der Waals surface area contributed by atoms with E-state index in [1.165, 1.54) is 0 Å². The van der Waals surface area contributed by atoms with Crippen LogP contribution in [0.3, 0.4) is 0 Å². The Labute approximate surface area is 156 Å². The highest BCUT2D eigenvalue weighted by Gasteiger charge is 2.07. The Morgan fingerprint density at radius 3 is 2.17 bits per heavy atom. The summed E-state index contributed by atoms with van der Waals surface area (Å²) in [6, 6.07) is 23.4. The fourth-order valence-corrected chi connectivity index (χ4v) is 3.00. The van der Waals surface area contributed by atoms with Crippen LogP contribution in [0.2, 0.25) is 10.0 Å². The van der Waals surface area contributed by atoms with Crippen molar-refractivity contribution in [3.8, 4) is 11.1 Å². The van der Waals surface area contributed by atoms with Crippen LogP contribution in [0, 0.1) is 0 Å². The molecular weight excluding hydrogens is 359 g/mol.